The maximum atomic E-state index is 13.2. The minimum absolute atomic E-state index is 0.0400. The molecule has 1 aliphatic heterocycles. The number of benzene rings is 1. The molecule has 1 aliphatic rings. The molecule has 1 fully saturated rings. The van der Waals surface area contributed by atoms with Gasteiger partial charge >= 0.3 is 0 Å². The lowest BCUT2D eigenvalue weighted by Crippen LogP contribution is -2.38. The van der Waals surface area contributed by atoms with Crippen LogP contribution in [0.3, 0.4) is 0 Å². The van der Waals surface area contributed by atoms with Crippen LogP contribution in [0.15, 0.2) is 22.7 Å². The van der Waals surface area contributed by atoms with Crippen molar-refractivity contribution < 1.29 is 14.0 Å². The predicted octanol–water partition coefficient (Wildman–Crippen LogP) is 1.89. The van der Waals surface area contributed by atoms with Gasteiger partial charge in [0.25, 0.3) is 5.91 Å². The normalized spacial score (nSPS) is 16.5. The summed E-state index contributed by atoms with van der Waals surface area (Å²) in [7, 11) is 1.72. The van der Waals surface area contributed by atoms with Gasteiger partial charge in [-0.3, -0.25) is 9.59 Å². The van der Waals surface area contributed by atoms with Crippen LogP contribution in [-0.2, 0) is 4.79 Å². The molecule has 0 saturated carbocycles. The number of halogens is 2. The second kappa shape index (κ2) is 5.69. The van der Waals surface area contributed by atoms with E-state index in [9.17, 15) is 14.0 Å². The molecule has 1 saturated heterocycles. The number of hydrogen-bond donors (Lipinski definition) is 0. The molecule has 0 N–H and O–H groups in total. The number of hydrogen-bond acceptors (Lipinski definition) is 2. The molecule has 1 aromatic carbocycles. The molecule has 6 heteroatoms. The highest BCUT2D eigenvalue weighted by Crippen LogP contribution is 2.20. The summed E-state index contributed by atoms with van der Waals surface area (Å²) in [5.74, 6) is -0.891. The van der Waals surface area contributed by atoms with Crippen molar-refractivity contribution in [3.63, 3.8) is 0 Å². The summed E-state index contributed by atoms with van der Waals surface area (Å²) < 4.78 is 13.8. The van der Waals surface area contributed by atoms with Gasteiger partial charge in [-0.05, 0) is 40.5 Å². The maximum Gasteiger partial charge on any atom is 0.255 e. The van der Waals surface area contributed by atoms with Crippen molar-refractivity contribution in [1.29, 1.82) is 0 Å². The van der Waals surface area contributed by atoms with Crippen molar-refractivity contribution >= 4 is 27.7 Å². The number of amides is 2. The highest BCUT2D eigenvalue weighted by Gasteiger charge is 2.25. The second-order valence-corrected chi connectivity index (χ2v) is 5.37. The summed E-state index contributed by atoms with van der Waals surface area (Å²) in [4.78, 5) is 27.2. The number of carbonyl (C=O) groups excluding carboxylic acids is 2. The van der Waals surface area contributed by atoms with E-state index in [-0.39, 0.29) is 23.9 Å². The van der Waals surface area contributed by atoms with Crippen molar-refractivity contribution in [1.82, 2.24) is 9.80 Å². The molecule has 2 rings (SSSR count). The third kappa shape index (κ3) is 3.12. The van der Waals surface area contributed by atoms with Crippen LogP contribution >= 0.6 is 15.9 Å². The van der Waals surface area contributed by atoms with Gasteiger partial charge in [0.15, 0.2) is 0 Å². The van der Waals surface area contributed by atoms with Gasteiger partial charge in [-0.25, -0.2) is 4.39 Å². The SMILES string of the molecule is CN1CCCN(C(=O)c2cc(F)ccc2Br)CC1=O. The molecule has 0 aliphatic carbocycles. The standard InChI is InChI=1S/C13H14BrFN2O2/c1-16-5-2-6-17(8-12(16)18)13(19)10-7-9(15)3-4-11(10)14/h3-4,7H,2,5-6,8H2,1H3. The third-order valence-electron chi connectivity index (χ3n) is 3.12. The fourth-order valence-electron chi connectivity index (χ4n) is 1.99. The second-order valence-electron chi connectivity index (χ2n) is 4.52. The minimum atomic E-state index is -0.468. The molecular formula is C13H14BrFN2O2. The van der Waals surface area contributed by atoms with Crippen LogP contribution in [0.4, 0.5) is 4.39 Å². The Balaban J connectivity index is 2.23. The highest BCUT2D eigenvalue weighted by atomic mass is 79.9. The van der Waals surface area contributed by atoms with E-state index < -0.39 is 5.82 Å². The van der Waals surface area contributed by atoms with Gasteiger partial charge in [-0.15, -0.1) is 0 Å². The summed E-state index contributed by atoms with van der Waals surface area (Å²) in [6.07, 6.45) is 0.723. The Labute approximate surface area is 119 Å². The molecule has 0 unspecified atom stereocenters. The van der Waals surface area contributed by atoms with Crippen LogP contribution in [0.25, 0.3) is 0 Å². The zero-order chi connectivity index (χ0) is 14.0. The maximum absolute atomic E-state index is 13.2. The fourth-order valence-corrected chi connectivity index (χ4v) is 2.41. The van der Waals surface area contributed by atoms with E-state index in [2.05, 4.69) is 15.9 Å². The van der Waals surface area contributed by atoms with Crippen molar-refractivity contribution in [2.24, 2.45) is 0 Å². The van der Waals surface area contributed by atoms with Crippen LogP contribution in [0.2, 0.25) is 0 Å². The first-order valence-electron chi connectivity index (χ1n) is 5.97. The molecule has 0 spiro atoms. The summed E-state index contributed by atoms with van der Waals surface area (Å²) in [5.41, 5.74) is 0.248. The minimum Gasteiger partial charge on any atom is -0.344 e. The van der Waals surface area contributed by atoms with Crippen molar-refractivity contribution in [2.75, 3.05) is 26.7 Å². The smallest absolute Gasteiger partial charge is 0.255 e. The quantitative estimate of drug-likeness (QED) is 0.790. The monoisotopic (exact) mass is 328 g/mol. The van der Waals surface area contributed by atoms with E-state index in [1.807, 2.05) is 0 Å². The Bertz CT molecular complexity index is 521. The molecule has 102 valence electrons. The van der Waals surface area contributed by atoms with Gasteiger partial charge in [0.2, 0.25) is 5.91 Å². The predicted molar refractivity (Wildman–Crippen MR) is 72.3 cm³/mol. The van der Waals surface area contributed by atoms with Gasteiger partial charge < -0.3 is 9.80 Å². The molecule has 4 nitrogen and oxygen atoms in total. The van der Waals surface area contributed by atoms with Crippen molar-refractivity contribution in [2.45, 2.75) is 6.42 Å². The van der Waals surface area contributed by atoms with E-state index in [1.54, 1.807) is 11.9 Å². The van der Waals surface area contributed by atoms with Gasteiger partial charge in [-0.2, -0.15) is 0 Å². The average Bonchev–Trinajstić information content (AvgIpc) is 2.54. The zero-order valence-electron chi connectivity index (χ0n) is 10.5. The van der Waals surface area contributed by atoms with Gasteiger partial charge in [0, 0.05) is 24.6 Å². The summed E-state index contributed by atoms with van der Waals surface area (Å²) in [6.45, 7) is 1.17. The first kappa shape index (κ1) is 14.0. The Hall–Kier alpha value is -1.43. The number of carbonyl (C=O) groups is 2. The molecule has 1 aromatic rings. The van der Waals surface area contributed by atoms with Crippen LogP contribution in [0, 0.1) is 5.82 Å². The van der Waals surface area contributed by atoms with Gasteiger partial charge in [-0.1, -0.05) is 0 Å². The van der Waals surface area contributed by atoms with Gasteiger partial charge in [0.05, 0.1) is 5.56 Å². The Morgan fingerprint density at radius 3 is 2.84 bits per heavy atom. The average molecular weight is 329 g/mol. The lowest BCUT2D eigenvalue weighted by atomic mass is 10.2. The highest BCUT2D eigenvalue weighted by molar-refractivity contribution is 9.10. The number of rotatable bonds is 1. The molecule has 2 amide bonds. The van der Waals surface area contributed by atoms with Crippen LogP contribution < -0.4 is 0 Å². The fraction of sp³-hybridized carbons (Fsp3) is 0.385. The van der Waals surface area contributed by atoms with Gasteiger partial charge in [0.1, 0.15) is 12.4 Å². The summed E-state index contributed by atoms with van der Waals surface area (Å²) in [5, 5.41) is 0. The summed E-state index contributed by atoms with van der Waals surface area (Å²) >= 11 is 3.23. The number of likely N-dealkylation sites (N-methyl/N-ethyl adjacent to an activating group) is 1. The largest absolute Gasteiger partial charge is 0.344 e. The van der Waals surface area contributed by atoms with Crippen LogP contribution in [0.5, 0.6) is 0 Å². The molecule has 0 atom stereocenters. The van der Waals surface area contributed by atoms with Crippen molar-refractivity contribution in [3.05, 3.63) is 34.1 Å². The lowest BCUT2D eigenvalue weighted by molar-refractivity contribution is -0.129. The van der Waals surface area contributed by atoms with Crippen molar-refractivity contribution in [3.8, 4) is 0 Å². The molecular weight excluding hydrogens is 315 g/mol. The Morgan fingerprint density at radius 2 is 2.11 bits per heavy atom. The summed E-state index contributed by atoms with van der Waals surface area (Å²) in [6, 6.07) is 3.96. The Morgan fingerprint density at radius 1 is 1.37 bits per heavy atom. The first-order valence-corrected chi connectivity index (χ1v) is 6.76. The van der Waals surface area contributed by atoms with Crippen LogP contribution in [-0.4, -0.2) is 48.3 Å². The van der Waals surface area contributed by atoms with E-state index >= 15 is 0 Å². The topological polar surface area (TPSA) is 40.6 Å². The molecule has 19 heavy (non-hydrogen) atoms. The van der Waals surface area contributed by atoms with E-state index in [4.69, 9.17) is 0 Å². The lowest BCUT2D eigenvalue weighted by Gasteiger charge is -2.20. The van der Waals surface area contributed by atoms with Crippen LogP contribution in [0.1, 0.15) is 16.8 Å². The Kier molecular flexibility index (Phi) is 4.19. The molecule has 1 heterocycles. The molecule has 0 radical (unpaired) electrons. The third-order valence-corrected chi connectivity index (χ3v) is 3.81. The van der Waals surface area contributed by atoms with E-state index in [0.29, 0.717) is 17.6 Å². The molecule has 0 aromatic heterocycles. The van der Waals surface area contributed by atoms with E-state index in [1.165, 1.54) is 23.1 Å². The van der Waals surface area contributed by atoms with E-state index in [0.717, 1.165) is 6.42 Å². The number of nitrogens with zero attached hydrogens (tertiary/aromatic N) is 2. The zero-order valence-corrected chi connectivity index (χ0v) is 12.1. The first-order chi connectivity index (χ1) is 8.99. The molecule has 0 bridgehead atoms.